The standard InChI is InChI=1S/C25H38N2O3S/c1-16-14-17(2)20(5)24(19(16)4)31(29,30)26-12-10-21(11-13-26)25(28)27-18(3)15-22-8-6-7-9-23(22)27/h14,18,21-23H,6-13,15H2,1-5H3. The summed E-state index contributed by atoms with van der Waals surface area (Å²) in [5.41, 5.74) is 3.71. The lowest BCUT2D eigenvalue weighted by molar-refractivity contribution is -0.140. The van der Waals surface area contributed by atoms with Crippen molar-refractivity contribution < 1.29 is 13.2 Å². The van der Waals surface area contributed by atoms with Gasteiger partial charge < -0.3 is 4.90 Å². The molecule has 1 saturated carbocycles. The second-order valence-corrected chi connectivity index (χ2v) is 12.1. The minimum absolute atomic E-state index is 0.0454. The van der Waals surface area contributed by atoms with E-state index in [1.54, 1.807) is 4.31 Å². The number of nitrogens with zero attached hydrogens (tertiary/aromatic N) is 2. The molecule has 2 aliphatic heterocycles. The Hall–Kier alpha value is -1.40. The molecular formula is C25H38N2O3S. The van der Waals surface area contributed by atoms with Gasteiger partial charge in [0.05, 0.1) is 4.90 Å². The van der Waals surface area contributed by atoms with Crippen molar-refractivity contribution in [3.63, 3.8) is 0 Å². The predicted molar refractivity (Wildman–Crippen MR) is 124 cm³/mol. The molecule has 2 heterocycles. The molecule has 6 heteroatoms. The molecule has 31 heavy (non-hydrogen) atoms. The molecule has 1 aromatic carbocycles. The third-order valence-electron chi connectivity index (χ3n) is 8.30. The number of piperidine rings is 1. The Morgan fingerprint density at radius 1 is 0.935 bits per heavy atom. The van der Waals surface area contributed by atoms with Crippen LogP contribution in [0.5, 0.6) is 0 Å². The van der Waals surface area contributed by atoms with Gasteiger partial charge in [0.25, 0.3) is 0 Å². The Labute approximate surface area is 188 Å². The van der Waals surface area contributed by atoms with Crippen molar-refractivity contribution in [1.82, 2.24) is 9.21 Å². The molecule has 1 amide bonds. The molecule has 4 rings (SSSR count). The molecule has 3 unspecified atom stereocenters. The van der Waals surface area contributed by atoms with Crippen LogP contribution < -0.4 is 0 Å². The number of carbonyl (C=O) groups excluding carboxylic acids is 1. The lowest BCUT2D eigenvalue weighted by Crippen LogP contribution is -2.48. The van der Waals surface area contributed by atoms with E-state index in [1.807, 2.05) is 27.7 Å². The highest BCUT2D eigenvalue weighted by atomic mass is 32.2. The van der Waals surface area contributed by atoms with Crippen LogP contribution in [0.3, 0.4) is 0 Å². The monoisotopic (exact) mass is 446 g/mol. The first-order valence-corrected chi connectivity index (χ1v) is 13.5. The molecule has 5 nitrogen and oxygen atoms in total. The van der Waals surface area contributed by atoms with Crippen LogP contribution in [0.2, 0.25) is 0 Å². The molecule has 0 bridgehead atoms. The second-order valence-electron chi connectivity index (χ2n) is 10.2. The van der Waals surface area contributed by atoms with Crippen molar-refractivity contribution in [2.45, 2.75) is 96.5 Å². The number of likely N-dealkylation sites (tertiary alicyclic amines) is 1. The molecule has 2 saturated heterocycles. The van der Waals surface area contributed by atoms with Gasteiger partial charge in [-0.3, -0.25) is 4.79 Å². The molecule has 0 aromatic heterocycles. The van der Waals surface area contributed by atoms with E-state index >= 15 is 0 Å². The molecule has 3 fully saturated rings. The highest BCUT2D eigenvalue weighted by Crippen LogP contribution is 2.41. The summed E-state index contributed by atoms with van der Waals surface area (Å²) in [4.78, 5) is 16.1. The van der Waals surface area contributed by atoms with Crippen molar-refractivity contribution >= 4 is 15.9 Å². The Morgan fingerprint density at radius 2 is 1.52 bits per heavy atom. The van der Waals surface area contributed by atoms with Crippen molar-refractivity contribution in [1.29, 1.82) is 0 Å². The third-order valence-corrected chi connectivity index (χ3v) is 10.5. The number of rotatable bonds is 3. The number of carbonyl (C=O) groups is 1. The van der Waals surface area contributed by atoms with E-state index in [9.17, 15) is 13.2 Å². The van der Waals surface area contributed by atoms with E-state index in [4.69, 9.17) is 0 Å². The smallest absolute Gasteiger partial charge is 0.243 e. The van der Waals surface area contributed by atoms with Crippen molar-refractivity contribution in [3.8, 4) is 0 Å². The topological polar surface area (TPSA) is 57.7 Å². The molecule has 0 spiro atoms. The van der Waals surface area contributed by atoms with E-state index in [1.165, 1.54) is 19.3 Å². The van der Waals surface area contributed by atoms with Gasteiger partial charge in [0.15, 0.2) is 0 Å². The number of aryl methyl sites for hydroxylation is 2. The summed E-state index contributed by atoms with van der Waals surface area (Å²) < 4.78 is 28.7. The average molecular weight is 447 g/mol. The van der Waals surface area contributed by atoms with Gasteiger partial charge >= 0.3 is 0 Å². The van der Waals surface area contributed by atoms with Gasteiger partial charge in [-0.2, -0.15) is 4.31 Å². The number of amides is 1. The zero-order valence-electron chi connectivity index (χ0n) is 19.8. The Kier molecular flexibility index (Phi) is 6.25. The molecule has 1 aromatic rings. The highest BCUT2D eigenvalue weighted by molar-refractivity contribution is 7.89. The fraction of sp³-hybridized carbons (Fsp3) is 0.720. The van der Waals surface area contributed by atoms with Gasteiger partial charge in [0.1, 0.15) is 0 Å². The number of hydrogen-bond acceptors (Lipinski definition) is 3. The average Bonchev–Trinajstić information content (AvgIpc) is 3.07. The van der Waals surface area contributed by atoms with Crippen molar-refractivity contribution in [2.24, 2.45) is 11.8 Å². The minimum Gasteiger partial charge on any atom is -0.336 e. The van der Waals surface area contributed by atoms with Crippen LogP contribution in [-0.4, -0.2) is 48.7 Å². The maximum absolute atomic E-state index is 13.5. The summed E-state index contributed by atoms with van der Waals surface area (Å²) in [5, 5.41) is 0. The van der Waals surface area contributed by atoms with Gasteiger partial charge in [0, 0.05) is 31.1 Å². The van der Waals surface area contributed by atoms with Crippen LogP contribution in [0.1, 0.15) is 74.1 Å². The zero-order valence-corrected chi connectivity index (χ0v) is 20.6. The fourth-order valence-electron chi connectivity index (χ4n) is 6.34. The SMILES string of the molecule is Cc1cc(C)c(C)c(S(=O)(=O)N2CCC(C(=O)N3C(C)CC4CCCCC43)CC2)c1C. The summed E-state index contributed by atoms with van der Waals surface area (Å²) in [6, 6.07) is 2.80. The van der Waals surface area contributed by atoms with E-state index in [-0.39, 0.29) is 11.8 Å². The number of fused-ring (bicyclic) bond motifs is 1. The number of hydrogen-bond donors (Lipinski definition) is 0. The molecule has 0 radical (unpaired) electrons. The lowest BCUT2D eigenvalue weighted by atomic mass is 9.84. The lowest BCUT2D eigenvalue weighted by Gasteiger charge is -2.38. The van der Waals surface area contributed by atoms with E-state index in [0.29, 0.717) is 48.8 Å². The number of sulfonamides is 1. The largest absolute Gasteiger partial charge is 0.336 e. The van der Waals surface area contributed by atoms with Gasteiger partial charge in [-0.15, -0.1) is 0 Å². The minimum atomic E-state index is -3.56. The molecule has 0 N–H and O–H groups in total. The summed E-state index contributed by atoms with van der Waals surface area (Å²) in [6.07, 6.45) is 7.30. The maximum atomic E-state index is 13.5. The Morgan fingerprint density at radius 3 is 2.13 bits per heavy atom. The van der Waals surface area contributed by atoms with Gasteiger partial charge in [-0.05, 0) is 94.9 Å². The summed E-state index contributed by atoms with van der Waals surface area (Å²) in [6.45, 7) is 10.8. The van der Waals surface area contributed by atoms with E-state index < -0.39 is 10.0 Å². The van der Waals surface area contributed by atoms with Gasteiger partial charge in [0.2, 0.25) is 15.9 Å². The first-order valence-electron chi connectivity index (χ1n) is 12.0. The molecular weight excluding hydrogens is 408 g/mol. The van der Waals surface area contributed by atoms with Crippen LogP contribution in [0, 0.1) is 39.5 Å². The zero-order chi connectivity index (χ0) is 22.5. The van der Waals surface area contributed by atoms with Gasteiger partial charge in [-0.25, -0.2) is 8.42 Å². The van der Waals surface area contributed by atoms with Crippen molar-refractivity contribution in [3.05, 3.63) is 28.3 Å². The van der Waals surface area contributed by atoms with Crippen molar-refractivity contribution in [2.75, 3.05) is 13.1 Å². The normalized spacial score (nSPS) is 28.0. The highest BCUT2D eigenvalue weighted by Gasteiger charge is 2.45. The Balaban J connectivity index is 1.48. The van der Waals surface area contributed by atoms with Crippen LogP contribution in [0.25, 0.3) is 0 Å². The molecule has 172 valence electrons. The van der Waals surface area contributed by atoms with Gasteiger partial charge in [-0.1, -0.05) is 18.9 Å². The quantitative estimate of drug-likeness (QED) is 0.687. The van der Waals surface area contributed by atoms with Crippen LogP contribution in [0.15, 0.2) is 11.0 Å². The summed E-state index contributed by atoms with van der Waals surface area (Å²) >= 11 is 0. The fourth-order valence-corrected chi connectivity index (χ4v) is 8.38. The Bertz CT molecular complexity index is 937. The summed E-state index contributed by atoms with van der Waals surface area (Å²) in [7, 11) is -3.56. The van der Waals surface area contributed by atoms with E-state index in [0.717, 1.165) is 35.1 Å². The van der Waals surface area contributed by atoms with Crippen LogP contribution in [-0.2, 0) is 14.8 Å². The number of benzene rings is 1. The first-order chi connectivity index (χ1) is 14.6. The first kappa shape index (κ1) is 22.8. The third kappa shape index (κ3) is 3.95. The van der Waals surface area contributed by atoms with E-state index in [2.05, 4.69) is 17.9 Å². The predicted octanol–water partition coefficient (Wildman–Crippen LogP) is 4.50. The molecule has 3 atom stereocenters. The molecule has 1 aliphatic carbocycles. The maximum Gasteiger partial charge on any atom is 0.243 e. The summed E-state index contributed by atoms with van der Waals surface area (Å²) in [5.74, 6) is 0.900. The molecule has 3 aliphatic rings. The van der Waals surface area contributed by atoms with Crippen LogP contribution >= 0.6 is 0 Å². The second kappa shape index (κ2) is 8.51. The van der Waals surface area contributed by atoms with Crippen LogP contribution in [0.4, 0.5) is 0 Å².